The van der Waals surface area contributed by atoms with E-state index < -0.39 is 17.9 Å². The van der Waals surface area contributed by atoms with Crippen LogP contribution in [0.5, 0.6) is 0 Å². The fourth-order valence-electron chi connectivity index (χ4n) is 3.31. The molecule has 4 N–H and O–H groups in total. The van der Waals surface area contributed by atoms with E-state index in [2.05, 4.69) is 5.32 Å². The van der Waals surface area contributed by atoms with Gasteiger partial charge in [0.15, 0.2) is 0 Å². The van der Waals surface area contributed by atoms with Crippen molar-refractivity contribution in [1.29, 1.82) is 0 Å². The fourth-order valence-corrected chi connectivity index (χ4v) is 3.31. The molecule has 13 heteroatoms. The predicted octanol–water partition coefficient (Wildman–Crippen LogP) is -2.01. The zero-order valence-corrected chi connectivity index (χ0v) is 20.8. The average Bonchev–Trinajstić information content (AvgIpc) is 2.67. The molecule has 0 atom stereocenters. The Labute approximate surface area is 220 Å². The van der Waals surface area contributed by atoms with Crippen molar-refractivity contribution < 1.29 is 74.4 Å². The van der Waals surface area contributed by atoms with Gasteiger partial charge < -0.3 is 20.6 Å². The van der Waals surface area contributed by atoms with Crippen molar-refractivity contribution in [3.05, 3.63) is 0 Å². The van der Waals surface area contributed by atoms with Gasteiger partial charge in [-0.3, -0.25) is 38.8 Å². The van der Waals surface area contributed by atoms with Gasteiger partial charge in [-0.05, 0) is 6.42 Å². The van der Waals surface area contributed by atoms with E-state index in [0.717, 1.165) is 6.42 Å². The van der Waals surface area contributed by atoms with Crippen LogP contribution in [0.25, 0.3) is 0 Å². The molecule has 0 unspecified atom stereocenters. The number of carboxylic acids is 3. The zero-order chi connectivity index (χ0) is 23.2. The normalized spacial score (nSPS) is 18.0. The van der Waals surface area contributed by atoms with Crippen LogP contribution in [0.1, 0.15) is 13.3 Å². The van der Waals surface area contributed by atoms with E-state index in [4.69, 9.17) is 5.11 Å². The van der Waals surface area contributed by atoms with E-state index in [1.165, 1.54) is 0 Å². The monoisotopic (exact) mass is 603 g/mol. The first-order valence-electron chi connectivity index (χ1n) is 10.5. The number of hydrogen-bond acceptors (Lipinski definition) is 8. The first-order valence-corrected chi connectivity index (χ1v) is 10.5. The number of carboxylic acid groups (broad SMARTS) is 3. The summed E-state index contributed by atoms with van der Waals surface area (Å²) in [5, 5.41) is 30.4. The maximum absolute atomic E-state index is 12.2. The summed E-state index contributed by atoms with van der Waals surface area (Å²) in [7, 11) is 0. The van der Waals surface area contributed by atoms with Crippen LogP contribution in [0.3, 0.4) is 0 Å². The Morgan fingerprint density at radius 2 is 0.906 bits per heavy atom. The van der Waals surface area contributed by atoms with Crippen molar-refractivity contribution in [3.8, 4) is 0 Å². The number of amides is 1. The molecule has 0 aromatic carbocycles. The summed E-state index contributed by atoms with van der Waals surface area (Å²) < 4.78 is 0. The number of nitrogens with one attached hydrogen (secondary N) is 1. The van der Waals surface area contributed by atoms with Crippen molar-refractivity contribution >= 4 is 23.8 Å². The van der Waals surface area contributed by atoms with Gasteiger partial charge in [0.1, 0.15) is 0 Å². The van der Waals surface area contributed by atoms with Crippen LogP contribution < -0.4 is 5.32 Å². The van der Waals surface area contributed by atoms with Crippen LogP contribution in [0, 0.1) is 39.9 Å². The molecule has 0 aromatic heterocycles. The SMILES string of the molecule is CCCNC(=O)CN1CCN(CC(=O)O)CCN(CC(=O)O)CCN(CC(=O)O)CC1.[Gd+3]. The zero-order valence-electron chi connectivity index (χ0n) is 18.5. The average molecular weight is 603 g/mol. The molecule has 1 amide bonds. The van der Waals surface area contributed by atoms with Crippen LogP contribution in [0.15, 0.2) is 0 Å². The van der Waals surface area contributed by atoms with Gasteiger partial charge in [-0.2, -0.15) is 0 Å². The summed E-state index contributed by atoms with van der Waals surface area (Å²) in [6.07, 6.45) is 0.817. The molecule has 0 bridgehead atoms. The van der Waals surface area contributed by atoms with E-state index in [0.29, 0.717) is 58.9 Å². The van der Waals surface area contributed by atoms with E-state index >= 15 is 0 Å². The van der Waals surface area contributed by atoms with Crippen molar-refractivity contribution in [3.63, 3.8) is 0 Å². The molecule has 0 aromatic rings. The molecule has 183 valence electrons. The maximum Gasteiger partial charge on any atom is 3.00 e. The van der Waals surface area contributed by atoms with Gasteiger partial charge in [0.2, 0.25) is 5.91 Å². The number of rotatable bonds is 10. The van der Waals surface area contributed by atoms with Gasteiger partial charge in [0, 0.05) is 58.9 Å². The second kappa shape index (κ2) is 17.5. The Bertz CT molecular complexity index is 579. The van der Waals surface area contributed by atoms with Gasteiger partial charge in [-0.15, -0.1) is 0 Å². The minimum atomic E-state index is -0.995. The molecule has 1 rings (SSSR count). The Morgan fingerprint density at radius 1 is 0.625 bits per heavy atom. The third kappa shape index (κ3) is 15.0. The predicted molar refractivity (Wildman–Crippen MR) is 112 cm³/mol. The van der Waals surface area contributed by atoms with Gasteiger partial charge in [0.05, 0.1) is 26.2 Å². The van der Waals surface area contributed by atoms with Gasteiger partial charge >= 0.3 is 57.8 Å². The molecule has 1 saturated heterocycles. The molecule has 0 spiro atoms. The van der Waals surface area contributed by atoms with Gasteiger partial charge in [-0.1, -0.05) is 6.92 Å². The third-order valence-corrected chi connectivity index (χ3v) is 4.95. The quantitative estimate of drug-likeness (QED) is 0.219. The van der Waals surface area contributed by atoms with Gasteiger partial charge in [-0.25, -0.2) is 0 Å². The van der Waals surface area contributed by atoms with Crippen LogP contribution in [0.2, 0.25) is 0 Å². The van der Waals surface area contributed by atoms with E-state index in [9.17, 15) is 29.4 Å². The van der Waals surface area contributed by atoms with E-state index in [-0.39, 0.29) is 72.0 Å². The van der Waals surface area contributed by atoms with Crippen molar-refractivity contribution in [2.45, 2.75) is 13.3 Å². The van der Waals surface area contributed by atoms with Crippen LogP contribution in [-0.2, 0) is 19.2 Å². The smallest absolute Gasteiger partial charge is 0.480 e. The van der Waals surface area contributed by atoms with Crippen LogP contribution in [0.4, 0.5) is 0 Å². The summed E-state index contributed by atoms with van der Waals surface area (Å²) in [4.78, 5) is 52.9. The maximum atomic E-state index is 12.2. The number of carbonyl (C=O) groups is 4. The minimum absolute atomic E-state index is 0. The molecule has 1 aliphatic heterocycles. The summed E-state index contributed by atoms with van der Waals surface area (Å²) in [5.74, 6) is -3.07. The topological polar surface area (TPSA) is 154 Å². The number of hydrogen-bond donors (Lipinski definition) is 4. The summed E-state index contributed by atoms with van der Waals surface area (Å²) in [6, 6.07) is 0. The number of aliphatic carboxylic acids is 3. The van der Waals surface area contributed by atoms with Crippen molar-refractivity contribution in [1.82, 2.24) is 24.9 Å². The Kier molecular flexibility index (Phi) is 17.0. The minimum Gasteiger partial charge on any atom is -0.480 e. The molecule has 12 nitrogen and oxygen atoms in total. The van der Waals surface area contributed by atoms with E-state index in [1.807, 2.05) is 11.8 Å². The Morgan fingerprint density at radius 3 is 1.16 bits per heavy atom. The summed E-state index contributed by atoms with van der Waals surface area (Å²) in [6.45, 7) is 5.18. The molecule has 0 saturated carbocycles. The second-order valence-electron chi connectivity index (χ2n) is 7.64. The fraction of sp³-hybridized carbons (Fsp3) is 0.789. The van der Waals surface area contributed by atoms with E-state index in [1.54, 1.807) is 14.7 Å². The second-order valence-corrected chi connectivity index (χ2v) is 7.64. The van der Waals surface area contributed by atoms with Crippen molar-refractivity contribution in [2.24, 2.45) is 0 Å². The molecule has 1 radical (unpaired) electrons. The largest absolute Gasteiger partial charge is 3.00 e. The molecule has 1 heterocycles. The Hall–Kier alpha value is -0.955. The first kappa shape index (κ1) is 31.0. The van der Waals surface area contributed by atoms with Crippen LogP contribution in [-0.4, -0.2) is 144 Å². The van der Waals surface area contributed by atoms with Gasteiger partial charge in [0.25, 0.3) is 0 Å². The Balaban J connectivity index is 0.00000961. The molecular formula is C19H35GdN5O7+3. The first-order chi connectivity index (χ1) is 14.7. The third-order valence-electron chi connectivity index (χ3n) is 4.95. The van der Waals surface area contributed by atoms with Crippen LogP contribution >= 0.6 is 0 Å². The molecular weight excluding hydrogens is 567 g/mol. The standard InChI is InChI=1S/C19H35N5O7.Gd/c1-2-3-20-16(25)12-21-4-6-22(13-17(26)27)8-10-24(15-19(30)31)11-9-23(7-5-21)14-18(28)29;/h2-15H2,1H3,(H,20,25)(H,26,27)(H,28,29)(H,30,31);/q;+3. The number of carbonyl (C=O) groups excluding carboxylic acids is 1. The van der Waals surface area contributed by atoms with Crippen molar-refractivity contribution in [2.75, 3.05) is 85.1 Å². The number of nitrogens with zero attached hydrogens (tertiary/aromatic N) is 4. The molecule has 1 fully saturated rings. The summed E-state index contributed by atoms with van der Waals surface area (Å²) in [5.41, 5.74) is 0. The molecule has 1 aliphatic rings. The molecule has 0 aliphatic carbocycles. The molecule has 32 heavy (non-hydrogen) atoms. The summed E-state index contributed by atoms with van der Waals surface area (Å²) >= 11 is 0.